The van der Waals surface area contributed by atoms with Gasteiger partial charge in [0.05, 0.1) is 16.5 Å². The number of hydrogen-bond acceptors (Lipinski definition) is 7. The summed E-state index contributed by atoms with van der Waals surface area (Å²) in [5, 5.41) is 14.5. The van der Waals surface area contributed by atoms with Crippen molar-refractivity contribution in [2.45, 2.75) is 70.9 Å². The lowest BCUT2D eigenvalue weighted by Crippen LogP contribution is -2.44. The molecule has 1 fully saturated rings. The minimum atomic E-state index is -0.868. The molecule has 8 rings (SSSR count). The van der Waals surface area contributed by atoms with Crippen molar-refractivity contribution in [3.8, 4) is 22.7 Å². The van der Waals surface area contributed by atoms with Gasteiger partial charge < -0.3 is 14.1 Å². The number of halogens is 1. The molecule has 300 valence electrons. The number of amides is 1. The lowest BCUT2D eigenvalue weighted by atomic mass is 9.77. The van der Waals surface area contributed by atoms with Crippen LogP contribution in [0.1, 0.15) is 81.0 Å². The number of esters is 1. The Balaban J connectivity index is 1.12. The van der Waals surface area contributed by atoms with Gasteiger partial charge in [-0.1, -0.05) is 148 Å². The zero-order valence-electron chi connectivity index (χ0n) is 33.5. The molecule has 7 aromatic rings. The Hall–Kier alpha value is -5.87. The predicted molar refractivity (Wildman–Crippen MR) is 233 cm³/mol. The first-order valence-corrected chi connectivity index (χ1v) is 21.4. The molecule has 0 aliphatic heterocycles. The van der Waals surface area contributed by atoms with E-state index >= 15 is 0 Å². The third-order valence-corrected chi connectivity index (χ3v) is 12.5. The fourth-order valence-corrected chi connectivity index (χ4v) is 9.35. The fraction of sp³-hybridized carbons (Fsp3) is 0.286. The van der Waals surface area contributed by atoms with Gasteiger partial charge in [0.25, 0.3) is 0 Å². The molecule has 1 saturated carbocycles. The van der Waals surface area contributed by atoms with Gasteiger partial charge in [-0.3, -0.25) is 9.59 Å². The summed E-state index contributed by atoms with van der Waals surface area (Å²) in [5.74, 6) is 1.18. The van der Waals surface area contributed by atoms with Gasteiger partial charge in [-0.05, 0) is 86.9 Å². The van der Waals surface area contributed by atoms with Crippen LogP contribution in [0.25, 0.3) is 33.7 Å². The minimum Gasteiger partial charge on any atom is -0.466 e. The van der Waals surface area contributed by atoms with Crippen molar-refractivity contribution in [3.05, 3.63) is 160 Å². The first-order valence-electron chi connectivity index (χ1n) is 20.6. The van der Waals surface area contributed by atoms with Crippen molar-refractivity contribution in [2.24, 2.45) is 5.41 Å². The summed E-state index contributed by atoms with van der Waals surface area (Å²) in [6.07, 6.45) is 5.57. The average molecular weight is 851 g/mol. The summed E-state index contributed by atoms with van der Waals surface area (Å²) < 4.78 is 14.8. The molecular formula is C49H48BrN5O4. The van der Waals surface area contributed by atoms with Gasteiger partial charge in [0.2, 0.25) is 5.91 Å². The molecule has 1 aliphatic rings. The Bertz CT molecular complexity index is 2420. The summed E-state index contributed by atoms with van der Waals surface area (Å²) in [6, 6.07) is 45.2. The number of aromatic nitrogens is 4. The molecule has 0 N–H and O–H groups in total. The molecule has 9 nitrogen and oxygen atoms in total. The summed E-state index contributed by atoms with van der Waals surface area (Å²) in [4.78, 5) is 28.8. The fourth-order valence-electron chi connectivity index (χ4n) is 8.73. The number of rotatable bonds is 15. The number of carbonyl (C=O) groups excluding carboxylic acids is 2. The molecule has 2 heterocycles. The summed E-state index contributed by atoms with van der Waals surface area (Å²) in [6.45, 7) is 5.01. The van der Waals surface area contributed by atoms with Crippen LogP contribution < -0.4 is 0 Å². The highest BCUT2D eigenvalue weighted by atomic mass is 79.9. The zero-order valence-corrected chi connectivity index (χ0v) is 35.1. The molecule has 10 heteroatoms. The van der Waals surface area contributed by atoms with E-state index in [9.17, 15) is 9.59 Å². The molecule has 0 atom stereocenters. The van der Waals surface area contributed by atoms with E-state index in [4.69, 9.17) is 14.4 Å². The van der Waals surface area contributed by atoms with Crippen molar-refractivity contribution in [2.75, 3.05) is 13.2 Å². The number of nitrogens with zero attached hydrogens (tertiary/aromatic N) is 5. The lowest BCUT2D eigenvalue weighted by Gasteiger charge is -2.36. The van der Waals surface area contributed by atoms with Crippen LogP contribution in [-0.2, 0) is 26.4 Å². The van der Waals surface area contributed by atoms with Gasteiger partial charge in [-0.25, -0.2) is 4.68 Å². The minimum absolute atomic E-state index is 0.0640. The first kappa shape index (κ1) is 39.9. The Labute approximate surface area is 353 Å². The van der Waals surface area contributed by atoms with E-state index in [-0.39, 0.29) is 11.9 Å². The van der Waals surface area contributed by atoms with Gasteiger partial charge >= 0.3 is 5.97 Å². The second kappa shape index (κ2) is 17.5. The Morgan fingerprint density at radius 3 is 1.98 bits per heavy atom. The summed E-state index contributed by atoms with van der Waals surface area (Å²) in [5.41, 5.74) is 4.97. The molecule has 0 radical (unpaired) electrons. The topological polar surface area (TPSA) is 103 Å². The molecule has 1 amide bonds. The maximum Gasteiger partial charge on any atom is 0.313 e. The summed E-state index contributed by atoms with van der Waals surface area (Å²) in [7, 11) is 0. The Kier molecular flexibility index (Phi) is 11.9. The van der Waals surface area contributed by atoms with E-state index < -0.39 is 11.0 Å². The van der Waals surface area contributed by atoms with E-state index in [0.717, 1.165) is 87.3 Å². The molecule has 1 aliphatic carbocycles. The second-order valence-electron chi connectivity index (χ2n) is 15.4. The molecule has 0 unspecified atom stereocenters. The molecule has 0 bridgehead atoms. The standard InChI is InChI=1S/C49H48BrN5O4/c1-3-5-23-43(56)54(34-48(30-15-16-31-48)47(57)58-4-2)33-35-24-29-42-41(32-35)44(50)45(59-42)36-25-27-37(28-26-36)46-51-52-53-55(46)49(38-17-9-6-10-18-38,39-19-11-7-12-20-39)40-21-13-8-14-22-40/h6-14,17-22,24-29,32H,3-5,15-16,23,30-31,33-34H2,1-2H3. The SMILES string of the molecule is CCCCC(=O)N(Cc1ccc2oc(-c3ccc(-c4nnnn4C(c4ccccc4)(c4ccccc4)c4ccccc4)cc3)c(Br)c2c1)CC1(C(=O)OCC)CCCC1. The van der Waals surface area contributed by atoms with E-state index in [0.29, 0.717) is 37.7 Å². The second-order valence-corrected chi connectivity index (χ2v) is 16.2. The Morgan fingerprint density at radius 1 is 0.814 bits per heavy atom. The third-order valence-electron chi connectivity index (χ3n) is 11.7. The Morgan fingerprint density at radius 2 is 1.41 bits per heavy atom. The monoisotopic (exact) mass is 849 g/mol. The number of furan rings is 1. The maximum atomic E-state index is 13.7. The van der Waals surface area contributed by atoms with E-state index in [1.807, 2.05) is 108 Å². The van der Waals surface area contributed by atoms with E-state index in [2.05, 4.69) is 75.6 Å². The van der Waals surface area contributed by atoms with Crippen LogP contribution in [-0.4, -0.2) is 50.1 Å². The smallest absolute Gasteiger partial charge is 0.313 e. The van der Waals surface area contributed by atoms with Crippen LogP contribution in [0.15, 0.2) is 142 Å². The number of ether oxygens (including phenoxy) is 1. The van der Waals surface area contributed by atoms with Gasteiger partial charge in [0.15, 0.2) is 5.82 Å². The quantitative estimate of drug-likeness (QED) is 0.0747. The average Bonchev–Trinajstić information content (AvgIpc) is 4.05. The van der Waals surface area contributed by atoms with Crippen LogP contribution in [0.3, 0.4) is 0 Å². The van der Waals surface area contributed by atoms with Crippen LogP contribution in [0, 0.1) is 5.41 Å². The lowest BCUT2D eigenvalue weighted by molar-refractivity contribution is -0.157. The van der Waals surface area contributed by atoms with Crippen molar-refractivity contribution < 1.29 is 18.7 Å². The number of unbranched alkanes of at least 4 members (excludes halogenated alkanes) is 1. The van der Waals surface area contributed by atoms with Gasteiger partial charge in [-0.2, -0.15) is 0 Å². The highest BCUT2D eigenvalue weighted by Gasteiger charge is 2.45. The maximum absolute atomic E-state index is 13.7. The number of benzene rings is 5. The highest BCUT2D eigenvalue weighted by molar-refractivity contribution is 9.10. The van der Waals surface area contributed by atoms with Crippen molar-refractivity contribution in [1.82, 2.24) is 25.1 Å². The molecule has 0 saturated heterocycles. The predicted octanol–water partition coefficient (Wildman–Crippen LogP) is 11.0. The van der Waals surface area contributed by atoms with E-state index in [1.54, 1.807) is 0 Å². The molecule has 59 heavy (non-hydrogen) atoms. The number of tetrazole rings is 1. The zero-order chi connectivity index (χ0) is 40.8. The summed E-state index contributed by atoms with van der Waals surface area (Å²) >= 11 is 3.87. The molecule has 0 spiro atoms. The van der Waals surface area contributed by atoms with Gasteiger partial charge in [-0.15, -0.1) is 5.10 Å². The third kappa shape index (κ3) is 7.74. The molecular weight excluding hydrogens is 802 g/mol. The first-order chi connectivity index (χ1) is 28.9. The van der Waals surface area contributed by atoms with Crippen LogP contribution in [0.5, 0.6) is 0 Å². The van der Waals surface area contributed by atoms with Crippen LogP contribution in [0.4, 0.5) is 0 Å². The molecule has 5 aromatic carbocycles. The van der Waals surface area contributed by atoms with E-state index in [1.165, 1.54) is 0 Å². The number of carbonyl (C=O) groups is 2. The number of hydrogen-bond donors (Lipinski definition) is 0. The van der Waals surface area contributed by atoms with Crippen molar-refractivity contribution in [3.63, 3.8) is 0 Å². The normalized spacial score (nSPS) is 13.7. The van der Waals surface area contributed by atoms with Crippen LogP contribution in [0.2, 0.25) is 0 Å². The van der Waals surface area contributed by atoms with Gasteiger partial charge in [0, 0.05) is 36.0 Å². The van der Waals surface area contributed by atoms with Crippen molar-refractivity contribution >= 4 is 38.8 Å². The highest BCUT2D eigenvalue weighted by Crippen LogP contribution is 2.44. The largest absolute Gasteiger partial charge is 0.466 e. The number of fused-ring (bicyclic) bond motifs is 1. The molecule has 2 aromatic heterocycles. The van der Waals surface area contributed by atoms with Gasteiger partial charge in [0.1, 0.15) is 16.9 Å². The van der Waals surface area contributed by atoms with Crippen LogP contribution >= 0.6 is 15.9 Å². The van der Waals surface area contributed by atoms with Crippen molar-refractivity contribution in [1.29, 1.82) is 0 Å².